The number of ketones is 2. The van der Waals surface area contributed by atoms with Gasteiger partial charge in [0.1, 0.15) is 5.03 Å². The van der Waals surface area contributed by atoms with Crippen LogP contribution in [-0.2, 0) is 0 Å². The van der Waals surface area contributed by atoms with Crippen LogP contribution in [0.2, 0.25) is 0 Å². The van der Waals surface area contributed by atoms with Crippen molar-refractivity contribution in [3.8, 4) is 5.75 Å². The summed E-state index contributed by atoms with van der Waals surface area (Å²) in [6.45, 7) is 0. The van der Waals surface area contributed by atoms with Gasteiger partial charge >= 0.3 is 0 Å². The number of carbonyl (C=O) groups is 2. The second kappa shape index (κ2) is 5.66. The number of para-hydroxylation sites is 2. The van der Waals surface area contributed by atoms with Gasteiger partial charge in [0, 0.05) is 18.2 Å². The topological polar surface area (TPSA) is 55.4 Å². The van der Waals surface area contributed by atoms with Crippen molar-refractivity contribution in [3.63, 3.8) is 0 Å². The molecule has 0 fully saturated rings. The van der Waals surface area contributed by atoms with Crippen molar-refractivity contribution in [2.45, 2.75) is 0 Å². The summed E-state index contributed by atoms with van der Waals surface area (Å²) >= 11 is 6.07. The largest absolute Gasteiger partial charge is 0.449 e. The number of fused-ring (bicyclic) bond motifs is 1. The highest BCUT2D eigenvalue weighted by molar-refractivity contribution is 6.49. The molecule has 0 saturated heterocycles. The van der Waals surface area contributed by atoms with Crippen molar-refractivity contribution in [2.24, 2.45) is 0 Å². The Labute approximate surface area is 132 Å². The highest BCUT2D eigenvalue weighted by atomic mass is 35.5. The molecule has 1 aliphatic rings. The van der Waals surface area contributed by atoms with E-state index in [0.717, 1.165) is 0 Å². The Bertz CT molecular complexity index is 811. The van der Waals surface area contributed by atoms with Crippen LogP contribution in [-0.4, -0.2) is 18.6 Å². The molecule has 0 spiro atoms. The lowest BCUT2D eigenvalue weighted by Crippen LogP contribution is -2.23. The van der Waals surface area contributed by atoms with Crippen molar-refractivity contribution in [3.05, 3.63) is 70.4 Å². The fourth-order valence-corrected chi connectivity index (χ4v) is 2.51. The first-order chi connectivity index (χ1) is 10.6. The molecule has 1 N–H and O–H groups in total. The lowest BCUT2D eigenvalue weighted by molar-refractivity contribution is 0.0943. The normalized spacial score (nSPS) is 13.9. The van der Waals surface area contributed by atoms with Crippen molar-refractivity contribution >= 4 is 28.9 Å². The van der Waals surface area contributed by atoms with Crippen LogP contribution in [0.4, 0.5) is 5.69 Å². The van der Waals surface area contributed by atoms with Crippen LogP contribution >= 0.6 is 11.6 Å². The fraction of sp³-hybridized carbons (Fsp3) is 0.0588. The van der Waals surface area contributed by atoms with E-state index in [1.807, 2.05) is 6.07 Å². The molecular weight excluding hydrogens is 302 g/mol. The number of ether oxygens (including phenoxy) is 1. The van der Waals surface area contributed by atoms with Crippen molar-refractivity contribution in [2.75, 3.05) is 12.4 Å². The molecule has 3 rings (SSSR count). The van der Waals surface area contributed by atoms with E-state index in [0.29, 0.717) is 22.6 Å². The highest BCUT2D eigenvalue weighted by Gasteiger charge is 2.33. The predicted molar refractivity (Wildman–Crippen MR) is 84.6 cm³/mol. The third-order valence-corrected chi connectivity index (χ3v) is 3.73. The lowest BCUT2D eigenvalue weighted by Gasteiger charge is -2.19. The molecular formula is C17H12ClNO3. The fourth-order valence-electron chi connectivity index (χ4n) is 2.29. The summed E-state index contributed by atoms with van der Waals surface area (Å²) in [5.74, 6) is -0.522. The molecule has 0 aromatic heterocycles. The van der Waals surface area contributed by atoms with Gasteiger partial charge in [-0.1, -0.05) is 48.0 Å². The van der Waals surface area contributed by atoms with Gasteiger partial charge in [-0.05, 0) is 12.1 Å². The Hall–Kier alpha value is -2.59. The van der Waals surface area contributed by atoms with Crippen molar-refractivity contribution in [1.82, 2.24) is 0 Å². The molecule has 22 heavy (non-hydrogen) atoms. The molecule has 4 nitrogen and oxygen atoms in total. The number of benzene rings is 2. The second-order valence-corrected chi connectivity index (χ2v) is 5.07. The van der Waals surface area contributed by atoms with E-state index >= 15 is 0 Å². The standard InChI is InChI=1S/C17H12ClNO3/c1-19-12-8-4-5-9-13(12)22-17-14(18)15(20)10-6-2-3-7-11(10)16(17)21/h2-9,19H,1H3. The first kappa shape index (κ1) is 14.4. The van der Waals surface area contributed by atoms with Gasteiger partial charge < -0.3 is 10.1 Å². The molecule has 0 heterocycles. The Morgan fingerprint density at radius 1 is 0.909 bits per heavy atom. The summed E-state index contributed by atoms with van der Waals surface area (Å²) in [7, 11) is 1.74. The number of rotatable bonds is 3. The molecule has 0 unspecified atom stereocenters. The maximum absolute atomic E-state index is 12.5. The third kappa shape index (κ3) is 2.27. The lowest BCUT2D eigenvalue weighted by atomic mass is 9.93. The van der Waals surface area contributed by atoms with Gasteiger partial charge in [0.05, 0.1) is 5.69 Å². The maximum atomic E-state index is 12.5. The average Bonchev–Trinajstić information content (AvgIpc) is 2.57. The number of Topliss-reactive ketones (excluding diaryl/α,β-unsaturated/α-hetero) is 2. The van der Waals surface area contributed by atoms with Crippen LogP contribution in [0.5, 0.6) is 5.75 Å². The molecule has 0 radical (unpaired) electrons. The van der Waals surface area contributed by atoms with Gasteiger partial charge in [0.25, 0.3) is 0 Å². The predicted octanol–water partition coefficient (Wildman–Crippen LogP) is 3.64. The zero-order chi connectivity index (χ0) is 15.7. The SMILES string of the molecule is CNc1ccccc1OC1=C(Cl)C(=O)c2ccccc2C1=O. The summed E-state index contributed by atoms with van der Waals surface area (Å²) in [6.07, 6.45) is 0. The smallest absolute Gasteiger partial charge is 0.230 e. The molecule has 0 bridgehead atoms. The van der Waals surface area contributed by atoms with Gasteiger partial charge in [-0.2, -0.15) is 0 Å². The van der Waals surface area contributed by atoms with E-state index < -0.39 is 11.6 Å². The van der Waals surface area contributed by atoms with Crippen LogP contribution in [0.3, 0.4) is 0 Å². The van der Waals surface area contributed by atoms with E-state index in [4.69, 9.17) is 16.3 Å². The summed E-state index contributed by atoms with van der Waals surface area (Å²) in [4.78, 5) is 24.8. The molecule has 1 aliphatic carbocycles. The monoisotopic (exact) mass is 313 g/mol. The Balaban J connectivity index is 2.06. The Kier molecular flexibility index (Phi) is 3.69. The molecule has 0 amide bonds. The van der Waals surface area contributed by atoms with E-state index in [1.165, 1.54) is 0 Å². The molecule has 0 atom stereocenters. The summed E-state index contributed by atoms with van der Waals surface area (Å²) in [5, 5.41) is 2.76. The Morgan fingerprint density at radius 3 is 2.18 bits per heavy atom. The third-order valence-electron chi connectivity index (χ3n) is 3.39. The van der Waals surface area contributed by atoms with Gasteiger partial charge in [0.15, 0.2) is 11.5 Å². The molecule has 2 aromatic rings. The summed E-state index contributed by atoms with van der Waals surface area (Å²) in [6, 6.07) is 13.7. The van der Waals surface area contributed by atoms with Gasteiger partial charge in [-0.15, -0.1) is 0 Å². The Morgan fingerprint density at radius 2 is 1.50 bits per heavy atom. The molecule has 110 valence electrons. The minimum Gasteiger partial charge on any atom is -0.449 e. The maximum Gasteiger partial charge on any atom is 0.230 e. The van der Waals surface area contributed by atoms with Gasteiger partial charge in [-0.3, -0.25) is 9.59 Å². The number of nitrogens with one attached hydrogen (secondary N) is 1. The van der Waals surface area contributed by atoms with Crippen LogP contribution in [0.25, 0.3) is 0 Å². The van der Waals surface area contributed by atoms with E-state index in [1.54, 1.807) is 49.5 Å². The van der Waals surface area contributed by atoms with Gasteiger partial charge in [-0.25, -0.2) is 0 Å². The number of halogens is 1. The van der Waals surface area contributed by atoms with E-state index in [-0.39, 0.29) is 10.8 Å². The first-order valence-corrected chi connectivity index (χ1v) is 7.04. The minimum absolute atomic E-state index is 0.145. The van der Waals surface area contributed by atoms with Gasteiger partial charge in [0.2, 0.25) is 11.6 Å². The first-order valence-electron chi connectivity index (χ1n) is 6.66. The summed E-state index contributed by atoms with van der Waals surface area (Å²) in [5.41, 5.74) is 1.29. The number of allylic oxidation sites excluding steroid dienone is 2. The molecule has 5 heteroatoms. The average molecular weight is 314 g/mol. The molecule has 0 saturated carbocycles. The highest BCUT2D eigenvalue weighted by Crippen LogP contribution is 2.32. The van der Waals surface area contributed by atoms with Crippen LogP contribution < -0.4 is 10.1 Å². The number of carbonyl (C=O) groups excluding carboxylic acids is 2. The quantitative estimate of drug-likeness (QED) is 0.940. The zero-order valence-electron chi connectivity index (χ0n) is 11.7. The number of hydrogen-bond donors (Lipinski definition) is 1. The second-order valence-electron chi connectivity index (χ2n) is 4.70. The van der Waals surface area contributed by atoms with Crippen LogP contribution in [0.1, 0.15) is 20.7 Å². The zero-order valence-corrected chi connectivity index (χ0v) is 12.5. The van der Waals surface area contributed by atoms with Crippen molar-refractivity contribution < 1.29 is 14.3 Å². The van der Waals surface area contributed by atoms with Crippen LogP contribution in [0, 0.1) is 0 Å². The van der Waals surface area contributed by atoms with E-state index in [9.17, 15) is 9.59 Å². The summed E-state index contributed by atoms with van der Waals surface area (Å²) < 4.78 is 5.64. The van der Waals surface area contributed by atoms with E-state index in [2.05, 4.69) is 5.32 Å². The van der Waals surface area contributed by atoms with Crippen molar-refractivity contribution in [1.29, 1.82) is 0 Å². The number of anilines is 1. The molecule has 2 aromatic carbocycles. The minimum atomic E-state index is -0.409. The van der Waals surface area contributed by atoms with Crippen LogP contribution in [0.15, 0.2) is 59.3 Å². The number of hydrogen-bond acceptors (Lipinski definition) is 4. The molecule has 0 aliphatic heterocycles.